The first-order valence-corrected chi connectivity index (χ1v) is 10.4. The van der Waals surface area contributed by atoms with Crippen LogP contribution in [-0.2, 0) is 4.79 Å². The number of benzene rings is 1. The van der Waals surface area contributed by atoms with Crippen molar-refractivity contribution in [1.82, 2.24) is 9.80 Å². The first-order chi connectivity index (χ1) is 13.4. The largest absolute Gasteiger partial charge is 0.339 e. The average Bonchev–Trinajstić information content (AvgIpc) is 2.95. The number of nitrogens with zero attached hydrogens (tertiary/aromatic N) is 2. The number of halogens is 1. The lowest BCUT2D eigenvalue weighted by molar-refractivity contribution is -0.141. The standard InChI is InChI=1S/C22H29N3O3.ClH/c1-13-12-24(14(2)11-19(13)23)20(26)15-7-9-16(10-8-15)25-21(27)17-5-3-4-6-18(17)22(25)28;/h3-6,13-16,19H,7-12,23H2,1-2H3;1H. The number of imide groups is 1. The van der Waals surface area contributed by atoms with Gasteiger partial charge in [0.15, 0.2) is 0 Å². The molecule has 1 saturated heterocycles. The van der Waals surface area contributed by atoms with E-state index in [-0.39, 0.29) is 54.2 Å². The molecule has 0 radical (unpaired) electrons. The monoisotopic (exact) mass is 419 g/mol. The van der Waals surface area contributed by atoms with E-state index >= 15 is 0 Å². The second-order valence-electron chi connectivity index (χ2n) is 8.75. The quantitative estimate of drug-likeness (QED) is 0.747. The predicted octanol–water partition coefficient (Wildman–Crippen LogP) is 2.85. The van der Waals surface area contributed by atoms with Crippen molar-refractivity contribution in [3.63, 3.8) is 0 Å². The summed E-state index contributed by atoms with van der Waals surface area (Å²) in [6.45, 7) is 4.91. The summed E-state index contributed by atoms with van der Waals surface area (Å²) in [7, 11) is 0. The maximum atomic E-state index is 13.1. The van der Waals surface area contributed by atoms with Crippen molar-refractivity contribution in [3.8, 4) is 0 Å². The van der Waals surface area contributed by atoms with Gasteiger partial charge in [0.05, 0.1) is 11.1 Å². The van der Waals surface area contributed by atoms with E-state index in [9.17, 15) is 14.4 Å². The highest BCUT2D eigenvalue weighted by molar-refractivity contribution is 6.21. The molecule has 2 heterocycles. The normalized spacial score (nSPS) is 32.0. The van der Waals surface area contributed by atoms with Crippen LogP contribution in [0.25, 0.3) is 0 Å². The number of carbonyl (C=O) groups excluding carboxylic acids is 3. The molecule has 3 aliphatic rings. The molecule has 3 atom stereocenters. The minimum Gasteiger partial charge on any atom is -0.339 e. The van der Waals surface area contributed by atoms with Gasteiger partial charge in [-0.05, 0) is 57.1 Å². The SMILES string of the molecule is CC1CN(C(=O)C2CCC(N3C(=O)c4ccccc4C3=O)CC2)C(C)CC1N.Cl. The fourth-order valence-electron chi connectivity index (χ4n) is 5.04. The van der Waals surface area contributed by atoms with Crippen LogP contribution in [-0.4, -0.2) is 52.2 Å². The molecule has 1 aromatic rings. The van der Waals surface area contributed by atoms with Crippen LogP contribution < -0.4 is 5.73 Å². The molecule has 1 aromatic carbocycles. The Balaban J connectivity index is 0.00000240. The maximum Gasteiger partial charge on any atom is 0.261 e. The fraction of sp³-hybridized carbons (Fsp3) is 0.591. The van der Waals surface area contributed by atoms with Crippen LogP contribution in [0.4, 0.5) is 0 Å². The molecule has 1 saturated carbocycles. The van der Waals surface area contributed by atoms with Crippen LogP contribution >= 0.6 is 12.4 Å². The van der Waals surface area contributed by atoms with E-state index in [1.165, 1.54) is 4.90 Å². The van der Waals surface area contributed by atoms with Crippen LogP contribution in [0.15, 0.2) is 24.3 Å². The Morgan fingerprint density at radius 1 is 1.00 bits per heavy atom. The maximum absolute atomic E-state index is 13.1. The molecule has 3 amide bonds. The molecule has 0 aromatic heterocycles. The number of amides is 3. The Kier molecular flexibility index (Phi) is 6.34. The minimum atomic E-state index is -0.192. The number of piperidine rings is 1. The summed E-state index contributed by atoms with van der Waals surface area (Å²) in [5.41, 5.74) is 7.15. The highest BCUT2D eigenvalue weighted by Gasteiger charge is 2.42. The van der Waals surface area contributed by atoms with Gasteiger partial charge in [0.2, 0.25) is 5.91 Å². The minimum absolute atomic E-state index is 0. The van der Waals surface area contributed by atoms with E-state index in [2.05, 4.69) is 13.8 Å². The molecule has 7 heteroatoms. The zero-order chi connectivity index (χ0) is 20.0. The Hall–Kier alpha value is -1.92. The molecule has 3 unspecified atom stereocenters. The third kappa shape index (κ3) is 3.80. The number of nitrogens with two attached hydrogens (primary N) is 1. The summed E-state index contributed by atoms with van der Waals surface area (Å²) < 4.78 is 0. The van der Waals surface area contributed by atoms with Gasteiger partial charge in [0, 0.05) is 30.6 Å². The lowest BCUT2D eigenvalue weighted by Gasteiger charge is -2.43. The van der Waals surface area contributed by atoms with Gasteiger partial charge in [0.1, 0.15) is 0 Å². The summed E-state index contributed by atoms with van der Waals surface area (Å²) in [6.07, 6.45) is 3.68. The number of hydrogen-bond donors (Lipinski definition) is 1. The number of hydrogen-bond acceptors (Lipinski definition) is 4. The summed E-state index contributed by atoms with van der Waals surface area (Å²) in [5.74, 6) is 0.128. The van der Waals surface area contributed by atoms with E-state index in [0.717, 1.165) is 25.8 Å². The zero-order valence-electron chi connectivity index (χ0n) is 17.0. The molecule has 158 valence electrons. The van der Waals surface area contributed by atoms with Crippen LogP contribution in [0.1, 0.15) is 66.7 Å². The van der Waals surface area contributed by atoms with E-state index < -0.39 is 0 Å². The van der Waals surface area contributed by atoms with E-state index in [0.29, 0.717) is 29.9 Å². The van der Waals surface area contributed by atoms with Gasteiger partial charge in [-0.15, -0.1) is 12.4 Å². The van der Waals surface area contributed by atoms with E-state index in [1.807, 2.05) is 4.90 Å². The number of likely N-dealkylation sites (tertiary alicyclic amines) is 1. The Labute approximate surface area is 178 Å². The highest BCUT2D eigenvalue weighted by atomic mass is 35.5. The predicted molar refractivity (Wildman–Crippen MR) is 113 cm³/mol. The van der Waals surface area contributed by atoms with E-state index in [4.69, 9.17) is 5.73 Å². The van der Waals surface area contributed by atoms with Gasteiger partial charge in [-0.3, -0.25) is 19.3 Å². The summed E-state index contributed by atoms with van der Waals surface area (Å²) in [6, 6.07) is 7.23. The summed E-state index contributed by atoms with van der Waals surface area (Å²) in [4.78, 5) is 41.9. The Bertz CT molecular complexity index is 771. The molecule has 0 spiro atoms. The van der Waals surface area contributed by atoms with Crippen molar-refractivity contribution in [1.29, 1.82) is 0 Å². The molecule has 29 heavy (non-hydrogen) atoms. The second kappa shape index (κ2) is 8.44. The smallest absolute Gasteiger partial charge is 0.261 e. The van der Waals surface area contributed by atoms with Crippen molar-refractivity contribution in [2.45, 2.75) is 64.1 Å². The van der Waals surface area contributed by atoms with Crippen molar-refractivity contribution in [2.24, 2.45) is 17.6 Å². The van der Waals surface area contributed by atoms with Crippen LogP contribution in [0.2, 0.25) is 0 Å². The van der Waals surface area contributed by atoms with Gasteiger partial charge in [0.25, 0.3) is 11.8 Å². The first kappa shape index (κ1) is 21.8. The number of carbonyl (C=O) groups is 3. The molecular formula is C22H30ClN3O3. The van der Waals surface area contributed by atoms with Crippen molar-refractivity contribution in [3.05, 3.63) is 35.4 Å². The van der Waals surface area contributed by atoms with Crippen LogP contribution in [0, 0.1) is 11.8 Å². The van der Waals surface area contributed by atoms with Crippen molar-refractivity contribution < 1.29 is 14.4 Å². The van der Waals surface area contributed by atoms with Crippen molar-refractivity contribution in [2.75, 3.05) is 6.54 Å². The zero-order valence-corrected chi connectivity index (χ0v) is 17.9. The number of rotatable bonds is 2. The molecule has 1 aliphatic carbocycles. The van der Waals surface area contributed by atoms with Crippen LogP contribution in [0.3, 0.4) is 0 Å². The molecular weight excluding hydrogens is 390 g/mol. The molecule has 2 N–H and O–H groups in total. The topological polar surface area (TPSA) is 83.7 Å². The van der Waals surface area contributed by atoms with Gasteiger partial charge in [-0.1, -0.05) is 19.1 Å². The third-order valence-corrected chi connectivity index (χ3v) is 6.88. The lowest BCUT2D eigenvalue weighted by Crippen LogP contribution is -2.54. The molecule has 2 fully saturated rings. The molecule has 0 bridgehead atoms. The lowest BCUT2D eigenvalue weighted by atomic mass is 9.82. The van der Waals surface area contributed by atoms with Crippen molar-refractivity contribution >= 4 is 30.1 Å². The van der Waals surface area contributed by atoms with Gasteiger partial charge in [-0.2, -0.15) is 0 Å². The number of fused-ring (bicyclic) bond motifs is 1. The first-order valence-electron chi connectivity index (χ1n) is 10.4. The summed E-state index contributed by atoms with van der Waals surface area (Å²) >= 11 is 0. The fourth-order valence-corrected chi connectivity index (χ4v) is 5.04. The highest BCUT2D eigenvalue weighted by Crippen LogP contribution is 2.35. The van der Waals surface area contributed by atoms with Crippen LogP contribution in [0.5, 0.6) is 0 Å². The second-order valence-corrected chi connectivity index (χ2v) is 8.75. The average molecular weight is 420 g/mol. The Morgan fingerprint density at radius 2 is 1.55 bits per heavy atom. The van der Waals surface area contributed by atoms with Gasteiger partial charge >= 0.3 is 0 Å². The molecule has 4 rings (SSSR count). The molecule has 2 aliphatic heterocycles. The van der Waals surface area contributed by atoms with Gasteiger partial charge < -0.3 is 10.6 Å². The van der Waals surface area contributed by atoms with Gasteiger partial charge in [-0.25, -0.2) is 0 Å². The third-order valence-electron chi connectivity index (χ3n) is 6.88. The Morgan fingerprint density at radius 3 is 2.10 bits per heavy atom. The van der Waals surface area contributed by atoms with E-state index in [1.54, 1.807) is 24.3 Å². The molecule has 6 nitrogen and oxygen atoms in total. The summed E-state index contributed by atoms with van der Waals surface area (Å²) in [5, 5.41) is 0.